The number of piperidine rings is 1. The van der Waals surface area contributed by atoms with Gasteiger partial charge in [-0.15, -0.1) is 0 Å². The smallest absolute Gasteiger partial charge is 0.243 e. The van der Waals surface area contributed by atoms with E-state index in [9.17, 15) is 16.8 Å². The van der Waals surface area contributed by atoms with Crippen LogP contribution in [0.2, 0.25) is 0 Å². The van der Waals surface area contributed by atoms with Gasteiger partial charge in [-0.05, 0) is 19.8 Å². The summed E-state index contributed by atoms with van der Waals surface area (Å²) < 4.78 is 51.4. The van der Waals surface area contributed by atoms with Crippen LogP contribution in [-0.4, -0.2) is 56.2 Å². The summed E-state index contributed by atoms with van der Waals surface area (Å²) in [4.78, 5) is 0.0844. The Morgan fingerprint density at radius 3 is 2.50 bits per heavy atom. The van der Waals surface area contributed by atoms with E-state index in [-0.39, 0.29) is 16.7 Å². The molecule has 2 rings (SSSR count). The number of hydrogen-bond donors (Lipinski definition) is 2. The minimum absolute atomic E-state index is 0.0679. The fourth-order valence-electron chi connectivity index (χ4n) is 2.11. The molecule has 1 fully saturated rings. The van der Waals surface area contributed by atoms with Crippen molar-refractivity contribution in [1.29, 1.82) is 0 Å². The van der Waals surface area contributed by atoms with Crippen LogP contribution in [0.1, 0.15) is 19.8 Å². The Labute approximate surface area is 118 Å². The summed E-state index contributed by atoms with van der Waals surface area (Å²) in [7, 11) is -6.78. The number of sulfonamides is 2. The minimum atomic E-state index is -3.59. The predicted molar refractivity (Wildman–Crippen MR) is 73.0 cm³/mol. The molecule has 20 heavy (non-hydrogen) atoms. The highest BCUT2D eigenvalue weighted by molar-refractivity contribution is 7.89. The molecule has 0 aliphatic carbocycles. The van der Waals surface area contributed by atoms with Crippen LogP contribution >= 0.6 is 0 Å². The Kier molecular flexibility index (Phi) is 4.47. The van der Waals surface area contributed by atoms with Gasteiger partial charge in [-0.1, -0.05) is 0 Å². The summed E-state index contributed by atoms with van der Waals surface area (Å²) in [5.41, 5.74) is 0. The van der Waals surface area contributed by atoms with E-state index in [0.717, 1.165) is 0 Å². The number of aromatic nitrogens is 2. The summed E-state index contributed by atoms with van der Waals surface area (Å²) >= 11 is 0. The molecule has 0 aromatic carbocycles. The van der Waals surface area contributed by atoms with Crippen molar-refractivity contribution in [3.05, 3.63) is 12.4 Å². The highest BCUT2D eigenvalue weighted by Crippen LogP contribution is 2.16. The largest absolute Gasteiger partial charge is 0.284 e. The monoisotopic (exact) mass is 322 g/mol. The van der Waals surface area contributed by atoms with Crippen molar-refractivity contribution in [2.45, 2.75) is 30.7 Å². The molecule has 0 bridgehead atoms. The van der Waals surface area contributed by atoms with Crippen LogP contribution in [-0.2, 0) is 20.0 Å². The Morgan fingerprint density at radius 1 is 1.35 bits per heavy atom. The second kappa shape index (κ2) is 5.80. The highest BCUT2D eigenvalue weighted by atomic mass is 32.2. The van der Waals surface area contributed by atoms with Gasteiger partial charge >= 0.3 is 0 Å². The van der Waals surface area contributed by atoms with E-state index in [1.54, 1.807) is 6.92 Å². The average molecular weight is 322 g/mol. The van der Waals surface area contributed by atoms with E-state index in [1.165, 1.54) is 16.7 Å². The van der Waals surface area contributed by atoms with E-state index < -0.39 is 20.0 Å². The van der Waals surface area contributed by atoms with Crippen molar-refractivity contribution in [3.8, 4) is 0 Å². The fourth-order valence-corrected chi connectivity index (χ4v) is 4.45. The Morgan fingerprint density at radius 2 is 2.00 bits per heavy atom. The normalized spacial score (nSPS) is 19.2. The second-order valence-electron chi connectivity index (χ2n) is 4.63. The third-order valence-corrected chi connectivity index (χ3v) is 6.69. The van der Waals surface area contributed by atoms with Gasteiger partial charge in [-0.2, -0.15) is 5.10 Å². The van der Waals surface area contributed by atoms with Gasteiger partial charge in [0.25, 0.3) is 0 Å². The summed E-state index contributed by atoms with van der Waals surface area (Å²) in [5, 5.41) is 6.06. The maximum Gasteiger partial charge on any atom is 0.243 e. The number of rotatable bonds is 5. The van der Waals surface area contributed by atoms with E-state index >= 15 is 0 Å². The van der Waals surface area contributed by atoms with Crippen molar-refractivity contribution in [2.75, 3.05) is 18.8 Å². The van der Waals surface area contributed by atoms with Gasteiger partial charge in [0.2, 0.25) is 20.0 Å². The molecular weight excluding hydrogens is 304 g/mol. The molecule has 2 N–H and O–H groups in total. The molecule has 10 heteroatoms. The maximum absolute atomic E-state index is 12.0. The summed E-state index contributed by atoms with van der Waals surface area (Å²) in [5.74, 6) is 0.0679. The average Bonchev–Trinajstić information content (AvgIpc) is 2.93. The lowest BCUT2D eigenvalue weighted by Crippen LogP contribution is -2.46. The number of hydrogen-bond acceptors (Lipinski definition) is 5. The van der Waals surface area contributed by atoms with Gasteiger partial charge in [-0.3, -0.25) is 5.10 Å². The van der Waals surface area contributed by atoms with Gasteiger partial charge in [0.1, 0.15) is 4.90 Å². The van der Waals surface area contributed by atoms with Gasteiger partial charge in [0, 0.05) is 25.3 Å². The second-order valence-corrected chi connectivity index (χ2v) is 8.60. The topological polar surface area (TPSA) is 112 Å². The third kappa shape index (κ3) is 3.37. The molecule has 0 saturated carbocycles. The lowest BCUT2D eigenvalue weighted by atomic mass is 10.1. The molecule has 1 aliphatic heterocycles. The SMILES string of the molecule is CCS(=O)(=O)N1CCC(NS(=O)(=O)c2cn[nH]c2)CC1. The maximum atomic E-state index is 12.0. The molecule has 1 saturated heterocycles. The first-order chi connectivity index (χ1) is 9.35. The zero-order valence-corrected chi connectivity index (χ0v) is 12.7. The van der Waals surface area contributed by atoms with Crippen molar-refractivity contribution >= 4 is 20.0 Å². The predicted octanol–water partition coefficient (Wildman–Crippen LogP) is -0.498. The third-order valence-electron chi connectivity index (χ3n) is 3.32. The highest BCUT2D eigenvalue weighted by Gasteiger charge is 2.29. The van der Waals surface area contributed by atoms with Crippen LogP contribution in [0.4, 0.5) is 0 Å². The first-order valence-corrected chi connectivity index (χ1v) is 9.43. The number of nitrogens with zero attached hydrogens (tertiary/aromatic N) is 2. The van der Waals surface area contributed by atoms with Crippen LogP contribution < -0.4 is 4.72 Å². The molecular formula is C10H18N4O4S2. The van der Waals surface area contributed by atoms with Crippen molar-refractivity contribution in [1.82, 2.24) is 19.2 Å². The summed E-state index contributed by atoms with van der Waals surface area (Å²) in [6.45, 7) is 2.28. The van der Waals surface area contributed by atoms with Gasteiger partial charge in [0.15, 0.2) is 0 Å². The lowest BCUT2D eigenvalue weighted by Gasteiger charge is -2.31. The minimum Gasteiger partial charge on any atom is -0.284 e. The first-order valence-electron chi connectivity index (χ1n) is 6.34. The van der Waals surface area contributed by atoms with E-state index in [1.807, 2.05) is 0 Å². The fraction of sp³-hybridized carbons (Fsp3) is 0.700. The lowest BCUT2D eigenvalue weighted by molar-refractivity contribution is 0.309. The standard InChI is InChI=1S/C10H18N4O4S2/c1-2-19(15,16)14-5-3-9(4-6-14)13-20(17,18)10-7-11-12-8-10/h7-9,13H,2-6H2,1H3,(H,11,12). The van der Waals surface area contributed by atoms with Gasteiger partial charge in [-0.25, -0.2) is 25.9 Å². The molecule has 8 nitrogen and oxygen atoms in total. The van der Waals surface area contributed by atoms with Gasteiger partial charge in [0.05, 0.1) is 11.9 Å². The molecule has 0 atom stereocenters. The number of nitrogens with one attached hydrogen (secondary N) is 2. The molecule has 0 spiro atoms. The summed E-state index contributed by atoms with van der Waals surface area (Å²) in [6.07, 6.45) is 3.48. The molecule has 114 valence electrons. The summed E-state index contributed by atoms with van der Waals surface area (Å²) in [6, 6.07) is -0.252. The van der Waals surface area contributed by atoms with Crippen LogP contribution in [0.25, 0.3) is 0 Å². The van der Waals surface area contributed by atoms with E-state index in [0.29, 0.717) is 25.9 Å². The van der Waals surface area contributed by atoms with Crippen molar-refractivity contribution < 1.29 is 16.8 Å². The molecule has 1 aliphatic rings. The molecule has 1 aromatic heterocycles. The zero-order chi connectivity index (χ0) is 14.8. The number of H-pyrrole nitrogens is 1. The van der Waals surface area contributed by atoms with Crippen molar-refractivity contribution in [3.63, 3.8) is 0 Å². The Bertz CT molecular complexity index is 631. The van der Waals surface area contributed by atoms with E-state index in [4.69, 9.17) is 0 Å². The Hall–Kier alpha value is -0.970. The van der Waals surface area contributed by atoms with Crippen LogP contribution in [0.5, 0.6) is 0 Å². The Balaban J connectivity index is 1.96. The molecule has 1 aromatic rings. The van der Waals surface area contributed by atoms with Gasteiger partial charge < -0.3 is 0 Å². The van der Waals surface area contributed by atoms with E-state index in [2.05, 4.69) is 14.9 Å². The van der Waals surface area contributed by atoms with Crippen LogP contribution in [0, 0.1) is 0 Å². The molecule has 0 amide bonds. The number of aromatic amines is 1. The zero-order valence-electron chi connectivity index (χ0n) is 11.1. The molecule has 0 radical (unpaired) electrons. The van der Waals surface area contributed by atoms with Crippen molar-refractivity contribution in [2.24, 2.45) is 0 Å². The molecule has 2 heterocycles. The quantitative estimate of drug-likeness (QED) is 0.759. The first kappa shape index (κ1) is 15.4. The van der Waals surface area contributed by atoms with Crippen LogP contribution in [0.15, 0.2) is 17.3 Å². The van der Waals surface area contributed by atoms with Crippen LogP contribution in [0.3, 0.4) is 0 Å². The molecule has 0 unspecified atom stereocenters.